The number of fused-ring (bicyclic) bond motifs is 3. The van der Waals surface area contributed by atoms with Crippen molar-refractivity contribution in [2.45, 2.75) is 13.8 Å². The quantitative estimate of drug-likeness (QED) is 0.396. The Bertz CT molecular complexity index is 861. The summed E-state index contributed by atoms with van der Waals surface area (Å²) >= 11 is 0. The molecule has 5 nitrogen and oxygen atoms in total. The van der Waals surface area contributed by atoms with Gasteiger partial charge in [0.15, 0.2) is 11.5 Å². The molecule has 122 valence electrons. The lowest BCUT2D eigenvalue weighted by atomic mass is 10.0. The van der Waals surface area contributed by atoms with Crippen molar-refractivity contribution in [2.24, 2.45) is 0 Å². The van der Waals surface area contributed by atoms with Crippen molar-refractivity contribution in [1.29, 1.82) is 0 Å². The van der Waals surface area contributed by atoms with Crippen LogP contribution in [0.3, 0.4) is 0 Å². The largest absolute Gasteiger partial charge is 0.503 e. The minimum absolute atomic E-state index is 0.878. The van der Waals surface area contributed by atoms with Crippen molar-refractivity contribution in [2.75, 3.05) is 5.32 Å². The first-order valence-electron chi connectivity index (χ1n) is 7.45. The van der Waals surface area contributed by atoms with Crippen molar-refractivity contribution in [1.82, 2.24) is 0 Å². The van der Waals surface area contributed by atoms with E-state index in [0.717, 1.165) is 22.9 Å². The molecule has 1 aliphatic rings. The van der Waals surface area contributed by atoms with Gasteiger partial charge in [0, 0.05) is 0 Å². The maximum absolute atomic E-state index is 8.56. The first-order chi connectivity index (χ1) is 11.4. The first-order valence-corrected chi connectivity index (χ1v) is 7.45. The minimum Gasteiger partial charge on any atom is -0.453 e. The number of carboxylic acid groups (broad SMARTS) is 2. The SMILES string of the molecule is Cc1cc2cc3c(cc2cc1C)Oc1ccccc1N3.O=C(O)O. The lowest BCUT2D eigenvalue weighted by Crippen LogP contribution is -2.02. The van der Waals surface area contributed by atoms with Gasteiger partial charge in [-0.3, -0.25) is 0 Å². The third-order valence-electron chi connectivity index (χ3n) is 3.93. The lowest BCUT2D eigenvalue weighted by molar-refractivity contribution is 0.137. The highest BCUT2D eigenvalue weighted by Crippen LogP contribution is 2.43. The zero-order valence-corrected chi connectivity index (χ0v) is 13.3. The van der Waals surface area contributed by atoms with Crippen LogP contribution < -0.4 is 10.1 Å². The molecule has 0 saturated carbocycles. The predicted molar refractivity (Wildman–Crippen MR) is 93.9 cm³/mol. The fraction of sp³-hybridized carbons (Fsp3) is 0.105. The molecule has 0 aromatic heterocycles. The summed E-state index contributed by atoms with van der Waals surface area (Å²) in [6.07, 6.45) is -1.83. The summed E-state index contributed by atoms with van der Waals surface area (Å²) in [5, 5.41) is 19.8. The summed E-state index contributed by atoms with van der Waals surface area (Å²) in [6, 6.07) is 16.7. The highest BCUT2D eigenvalue weighted by molar-refractivity contribution is 5.92. The fourth-order valence-corrected chi connectivity index (χ4v) is 2.66. The van der Waals surface area contributed by atoms with E-state index in [0.29, 0.717) is 0 Å². The molecule has 0 bridgehead atoms. The van der Waals surface area contributed by atoms with Gasteiger partial charge in [0.2, 0.25) is 0 Å². The molecule has 24 heavy (non-hydrogen) atoms. The van der Waals surface area contributed by atoms with Gasteiger partial charge in [-0.05, 0) is 60.0 Å². The third-order valence-corrected chi connectivity index (χ3v) is 3.93. The highest BCUT2D eigenvalue weighted by atomic mass is 16.6. The van der Waals surface area contributed by atoms with E-state index >= 15 is 0 Å². The molecule has 0 spiro atoms. The average Bonchev–Trinajstić information content (AvgIpc) is 2.52. The van der Waals surface area contributed by atoms with E-state index < -0.39 is 6.16 Å². The van der Waals surface area contributed by atoms with Crippen LogP contribution in [-0.4, -0.2) is 16.4 Å². The number of rotatable bonds is 0. The van der Waals surface area contributed by atoms with Crippen molar-refractivity contribution >= 4 is 28.3 Å². The van der Waals surface area contributed by atoms with E-state index in [1.54, 1.807) is 0 Å². The number of ether oxygens (including phenoxy) is 1. The number of nitrogens with one attached hydrogen (secondary N) is 1. The van der Waals surface area contributed by atoms with Gasteiger partial charge in [0.05, 0.1) is 11.4 Å². The Hall–Kier alpha value is -3.21. The fourth-order valence-electron chi connectivity index (χ4n) is 2.66. The Morgan fingerprint density at radius 2 is 1.46 bits per heavy atom. The predicted octanol–water partition coefficient (Wildman–Crippen LogP) is 5.53. The molecule has 0 fully saturated rings. The molecule has 3 aromatic rings. The Morgan fingerprint density at radius 1 is 0.875 bits per heavy atom. The zero-order valence-electron chi connectivity index (χ0n) is 13.3. The summed E-state index contributed by atoms with van der Waals surface area (Å²) in [5.41, 5.74) is 4.67. The van der Waals surface area contributed by atoms with Gasteiger partial charge in [-0.25, -0.2) is 4.79 Å². The Balaban J connectivity index is 0.000000383. The van der Waals surface area contributed by atoms with Crippen LogP contribution in [0, 0.1) is 13.8 Å². The van der Waals surface area contributed by atoms with Gasteiger partial charge in [0.1, 0.15) is 0 Å². The van der Waals surface area contributed by atoms with Gasteiger partial charge in [-0.2, -0.15) is 0 Å². The van der Waals surface area contributed by atoms with Gasteiger partial charge in [-0.15, -0.1) is 0 Å². The van der Waals surface area contributed by atoms with Gasteiger partial charge in [0.25, 0.3) is 0 Å². The maximum atomic E-state index is 8.56. The van der Waals surface area contributed by atoms with Crippen LogP contribution >= 0.6 is 0 Å². The van der Waals surface area contributed by atoms with Crippen LogP contribution in [0.2, 0.25) is 0 Å². The van der Waals surface area contributed by atoms with E-state index in [2.05, 4.69) is 43.4 Å². The number of anilines is 2. The van der Waals surface area contributed by atoms with Crippen molar-refractivity contribution < 1.29 is 19.7 Å². The van der Waals surface area contributed by atoms with Crippen LogP contribution in [0.4, 0.5) is 16.2 Å². The Kier molecular flexibility index (Phi) is 4.00. The second-order valence-electron chi connectivity index (χ2n) is 5.64. The Morgan fingerprint density at radius 3 is 2.12 bits per heavy atom. The summed E-state index contributed by atoms with van der Waals surface area (Å²) in [4.78, 5) is 8.56. The van der Waals surface area contributed by atoms with Gasteiger partial charge < -0.3 is 20.3 Å². The molecular weight excluding hydrogens is 306 g/mol. The Labute approximate surface area is 139 Å². The molecule has 1 aliphatic heterocycles. The number of aryl methyl sites for hydroxylation is 2. The zero-order chi connectivity index (χ0) is 17.3. The molecule has 4 rings (SSSR count). The van der Waals surface area contributed by atoms with Crippen LogP contribution in [0.1, 0.15) is 11.1 Å². The van der Waals surface area contributed by atoms with E-state index in [9.17, 15) is 0 Å². The van der Waals surface area contributed by atoms with Crippen LogP contribution in [0.5, 0.6) is 11.5 Å². The molecular formula is C19H17NO4. The molecule has 0 unspecified atom stereocenters. The molecule has 3 aromatic carbocycles. The standard InChI is InChI=1S/C18H15NO.CH2O3/c1-11-7-13-9-16-18(10-14(13)8-12(11)2)20-17-6-4-3-5-15(17)19-16;2-1(3)4/h3-10,19H,1-2H3;(H2,2,3,4). The van der Waals surface area contributed by atoms with E-state index in [4.69, 9.17) is 19.7 Å². The molecule has 5 heteroatoms. The number of hydrogen-bond acceptors (Lipinski definition) is 3. The average molecular weight is 323 g/mol. The summed E-state index contributed by atoms with van der Waals surface area (Å²) < 4.78 is 5.99. The minimum atomic E-state index is -1.83. The highest BCUT2D eigenvalue weighted by Gasteiger charge is 2.16. The van der Waals surface area contributed by atoms with E-state index in [1.807, 2.05) is 24.3 Å². The number of benzene rings is 3. The van der Waals surface area contributed by atoms with Crippen molar-refractivity contribution in [3.8, 4) is 11.5 Å². The molecule has 0 atom stereocenters. The second kappa shape index (κ2) is 6.12. The van der Waals surface area contributed by atoms with Gasteiger partial charge in [-0.1, -0.05) is 24.3 Å². The summed E-state index contributed by atoms with van der Waals surface area (Å²) in [5.74, 6) is 1.77. The van der Waals surface area contributed by atoms with Crippen LogP contribution in [-0.2, 0) is 0 Å². The smallest absolute Gasteiger partial charge is 0.453 e. The molecule has 0 amide bonds. The van der Waals surface area contributed by atoms with E-state index in [-0.39, 0.29) is 0 Å². The second-order valence-corrected chi connectivity index (χ2v) is 5.64. The normalized spacial score (nSPS) is 11.2. The number of para-hydroxylation sites is 2. The van der Waals surface area contributed by atoms with Crippen molar-refractivity contribution in [3.05, 3.63) is 59.7 Å². The number of carbonyl (C=O) groups is 1. The maximum Gasteiger partial charge on any atom is 0.503 e. The van der Waals surface area contributed by atoms with Crippen LogP contribution in [0.15, 0.2) is 48.5 Å². The molecule has 0 aliphatic carbocycles. The summed E-state index contributed by atoms with van der Waals surface area (Å²) in [6.45, 7) is 4.29. The first kappa shape index (κ1) is 15.7. The van der Waals surface area contributed by atoms with Crippen molar-refractivity contribution in [3.63, 3.8) is 0 Å². The van der Waals surface area contributed by atoms with Gasteiger partial charge >= 0.3 is 6.16 Å². The lowest BCUT2D eigenvalue weighted by Gasteiger charge is -2.22. The third kappa shape index (κ3) is 3.10. The molecule has 1 heterocycles. The monoisotopic (exact) mass is 323 g/mol. The summed E-state index contributed by atoms with van der Waals surface area (Å²) in [7, 11) is 0. The molecule has 3 N–H and O–H groups in total. The molecule has 0 radical (unpaired) electrons. The topological polar surface area (TPSA) is 78.8 Å². The number of hydrogen-bond donors (Lipinski definition) is 3. The van der Waals surface area contributed by atoms with Crippen LogP contribution in [0.25, 0.3) is 10.8 Å². The van der Waals surface area contributed by atoms with E-state index in [1.165, 1.54) is 21.9 Å². The molecule has 0 saturated heterocycles.